The molecule has 2 aromatic rings. The quantitative estimate of drug-likeness (QED) is 0.531. The lowest BCUT2D eigenvalue weighted by atomic mass is 10.3. The molecular weight excluding hydrogens is 360 g/mol. The number of thioether (sulfide) groups is 1. The number of thiazole rings is 1. The zero-order chi connectivity index (χ0) is 18.1. The molecule has 0 fully saturated rings. The van der Waals surface area contributed by atoms with E-state index >= 15 is 0 Å². The molecule has 0 unspecified atom stereocenters. The second kappa shape index (κ2) is 10.0. The van der Waals surface area contributed by atoms with Crippen LogP contribution in [0.1, 0.15) is 19.5 Å². The molecule has 0 aliphatic heterocycles. The fourth-order valence-corrected chi connectivity index (χ4v) is 3.33. The van der Waals surface area contributed by atoms with Crippen LogP contribution in [-0.2, 0) is 20.7 Å². The van der Waals surface area contributed by atoms with Crippen molar-refractivity contribution < 1.29 is 19.1 Å². The Morgan fingerprint density at radius 3 is 2.64 bits per heavy atom. The normalized spacial score (nSPS) is 10.3. The van der Waals surface area contributed by atoms with Crippen LogP contribution in [0.25, 0.3) is 0 Å². The minimum atomic E-state index is -0.322. The predicted molar refractivity (Wildman–Crippen MR) is 99.4 cm³/mol. The molecular formula is C17H20N2O4S2. The van der Waals surface area contributed by atoms with E-state index in [9.17, 15) is 9.59 Å². The van der Waals surface area contributed by atoms with Crippen LogP contribution in [-0.4, -0.2) is 35.8 Å². The van der Waals surface area contributed by atoms with E-state index in [1.54, 1.807) is 12.3 Å². The van der Waals surface area contributed by atoms with E-state index in [0.717, 1.165) is 10.6 Å². The zero-order valence-electron chi connectivity index (χ0n) is 14.1. The van der Waals surface area contributed by atoms with Gasteiger partial charge in [0.2, 0.25) is 5.91 Å². The highest BCUT2D eigenvalue weighted by molar-refractivity contribution is 8.00. The maximum Gasteiger partial charge on any atom is 0.311 e. The highest BCUT2D eigenvalue weighted by Crippen LogP contribution is 2.22. The van der Waals surface area contributed by atoms with E-state index in [1.165, 1.54) is 23.1 Å². The molecule has 0 bridgehead atoms. The summed E-state index contributed by atoms with van der Waals surface area (Å²) >= 11 is 2.72. The van der Waals surface area contributed by atoms with Crippen molar-refractivity contribution in [3.63, 3.8) is 0 Å². The van der Waals surface area contributed by atoms with Crippen molar-refractivity contribution >= 4 is 40.1 Å². The molecule has 0 aliphatic rings. The van der Waals surface area contributed by atoms with Crippen LogP contribution in [0.4, 0.5) is 5.13 Å². The van der Waals surface area contributed by atoms with Gasteiger partial charge < -0.3 is 14.8 Å². The van der Waals surface area contributed by atoms with Crippen molar-refractivity contribution in [1.29, 1.82) is 0 Å². The van der Waals surface area contributed by atoms with Crippen LogP contribution in [0.3, 0.4) is 0 Å². The first-order chi connectivity index (χ1) is 12.1. The highest BCUT2D eigenvalue weighted by atomic mass is 32.2. The topological polar surface area (TPSA) is 77.5 Å². The van der Waals surface area contributed by atoms with E-state index in [0.29, 0.717) is 24.0 Å². The predicted octanol–water partition coefficient (Wildman–Crippen LogP) is 3.38. The fourth-order valence-electron chi connectivity index (χ4n) is 1.91. The molecule has 8 heteroatoms. The molecule has 25 heavy (non-hydrogen) atoms. The van der Waals surface area contributed by atoms with E-state index in [1.807, 2.05) is 31.2 Å². The zero-order valence-corrected chi connectivity index (χ0v) is 15.7. The smallest absolute Gasteiger partial charge is 0.311 e. The van der Waals surface area contributed by atoms with Gasteiger partial charge in [-0.2, -0.15) is 0 Å². The molecule has 134 valence electrons. The summed E-state index contributed by atoms with van der Waals surface area (Å²) in [5, 5.41) is 4.97. The van der Waals surface area contributed by atoms with Crippen molar-refractivity contribution in [3.05, 3.63) is 35.3 Å². The lowest BCUT2D eigenvalue weighted by Gasteiger charge is -2.05. The summed E-state index contributed by atoms with van der Waals surface area (Å²) in [5.74, 6) is 0.627. The van der Waals surface area contributed by atoms with E-state index in [-0.39, 0.29) is 24.1 Å². The molecule has 1 heterocycles. The van der Waals surface area contributed by atoms with Gasteiger partial charge in [0.25, 0.3) is 0 Å². The number of anilines is 1. The van der Waals surface area contributed by atoms with Crippen LogP contribution in [0.5, 0.6) is 5.75 Å². The number of hydrogen-bond donors (Lipinski definition) is 1. The molecule has 0 atom stereocenters. The molecule has 1 aromatic heterocycles. The second-order valence-electron chi connectivity index (χ2n) is 4.87. The first-order valence-electron chi connectivity index (χ1n) is 7.86. The number of hydrogen-bond acceptors (Lipinski definition) is 7. The molecule has 1 N–H and O–H groups in total. The summed E-state index contributed by atoms with van der Waals surface area (Å²) in [7, 11) is 0. The van der Waals surface area contributed by atoms with Gasteiger partial charge >= 0.3 is 5.97 Å². The lowest BCUT2D eigenvalue weighted by molar-refractivity contribution is -0.142. The molecule has 6 nitrogen and oxygen atoms in total. The Hall–Kier alpha value is -2.06. The van der Waals surface area contributed by atoms with Crippen LogP contribution < -0.4 is 10.1 Å². The summed E-state index contributed by atoms with van der Waals surface area (Å²) in [6.45, 7) is 4.66. The standard InChI is InChI=1S/C17H20N2O4S2/c1-3-22-13-5-7-14(8-6-13)24-11-15(20)19-17-18-12(10-25-17)9-16(21)23-4-2/h5-8,10H,3-4,9,11H2,1-2H3,(H,18,19,20). The van der Waals surface area contributed by atoms with Crippen molar-refractivity contribution in [2.75, 3.05) is 24.3 Å². The first kappa shape index (κ1) is 19.3. The minimum Gasteiger partial charge on any atom is -0.494 e. The van der Waals surface area contributed by atoms with Crippen molar-refractivity contribution in [2.45, 2.75) is 25.2 Å². The van der Waals surface area contributed by atoms with Gasteiger partial charge in [-0.3, -0.25) is 9.59 Å². The summed E-state index contributed by atoms with van der Waals surface area (Å²) in [6, 6.07) is 7.60. The largest absolute Gasteiger partial charge is 0.494 e. The number of rotatable bonds is 9. The fraction of sp³-hybridized carbons (Fsp3) is 0.353. The molecule has 0 saturated heterocycles. The van der Waals surface area contributed by atoms with Gasteiger partial charge in [0.1, 0.15) is 5.75 Å². The molecule has 1 aromatic carbocycles. The third kappa shape index (κ3) is 6.75. The average molecular weight is 380 g/mol. The van der Waals surface area contributed by atoms with E-state index in [2.05, 4.69) is 10.3 Å². The maximum atomic E-state index is 12.0. The van der Waals surface area contributed by atoms with Gasteiger partial charge in [0.15, 0.2) is 5.13 Å². The highest BCUT2D eigenvalue weighted by Gasteiger charge is 2.10. The van der Waals surface area contributed by atoms with Gasteiger partial charge in [-0.05, 0) is 38.1 Å². The van der Waals surface area contributed by atoms with Gasteiger partial charge in [-0.15, -0.1) is 23.1 Å². The maximum absolute atomic E-state index is 12.0. The summed E-state index contributed by atoms with van der Waals surface area (Å²) in [5.41, 5.74) is 0.595. The Labute approximate surface area is 154 Å². The second-order valence-corrected chi connectivity index (χ2v) is 6.77. The van der Waals surface area contributed by atoms with Gasteiger partial charge in [0.05, 0.1) is 31.1 Å². The number of nitrogens with one attached hydrogen (secondary N) is 1. The Balaban J connectivity index is 1.78. The number of nitrogens with zero attached hydrogens (tertiary/aromatic N) is 1. The number of ether oxygens (including phenoxy) is 2. The molecule has 0 aliphatic carbocycles. The Morgan fingerprint density at radius 2 is 1.96 bits per heavy atom. The van der Waals surface area contributed by atoms with E-state index in [4.69, 9.17) is 9.47 Å². The monoisotopic (exact) mass is 380 g/mol. The third-order valence-electron chi connectivity index (χ3n) is 2.93. The Bertz CT molecular complexity index is 701. The Kier molecular flexibility index (Phi) is 7.75. The molecule has 1 amide bonds. The van der Waals surface area contributed by atoms with E-state index < -0.39 is 0 Å². The van der Waals surface area contributed by atoms with Crippen molar-refractivity contribution in [3.8, 4) is 5.75 Å². The lowest BCUT2D eigenvalue weighted by Crippen LogP contribution is -2.14. The van der Waals surface area contributed by atoms with Gasteiger partial charge in [-0.1, -0.05) is 0 Å². The average Bonchev–Trinajstić information content (AvgIpc) is 3.01. The molecule has 0 saturated carbocycles. The Morgan fingerprint density at radius 1 is 1.20 bits per heavy atom. The van der Waals surface area contributed by atoms with Gasteiger partial charge in [-0.25, -0.2) is 4.98 Å². The van der Waals surface area contributed by atoms with Crippen molar-refractivity contribution in [1.82, 2.24) is 4.98 Å². The third-order valence-corrected chi connectivity index (χ3v) is 4.75. The number of aromatic nitrogens is 1. The number of esters is 1. The van der Waals surface area contributed by atoms with Crippen LogP contribution >= 0.6 is 23.1 Å². The van der Waals surface area contributed by atoms with Crippen molar-refractivity contribution in [2.24, 2.45) is 0 Å². The molecule has 0 radical (unpaired) electrons. The molecule has 0 spiro atoms. The number of carbonyl (C=O) groups excluding carboxylic acids is 2. The van der Waals surface area contributed by atoms with Crippen LogP contribution in [0, 0.1) is 0 Å². The van der Waals surface area contributed by atoms with Gasteiger partial charge in [0, 0.05) is 10.3 Å². The number of benzene rings is 1. The summed E-state index contributed by atoms with van der Waals surface area (Å²) in [4.78, 5) is 28.6. The summed E-state index contributed by atoms with van der Waals surface area (Å²) < 4.78 is 10.3. The number of carbonyl (C=O) groups is 2. The first-order valence-corrected chi connectivity index (χ1v) is 9.72. The SMILES string of the molecule is CCOC(=O)Cc1csc(NC(=O)CSc2ccc(OCC)cc2)n1. The van der Waals surface area contributed by atoms with Crippen LogP contribution in [0.2, 0.25) is 0 Å². The minimum absolute atomic E-state index is 0.112. The number of amides is 1. The summed E-state index contributed by atoms with van der Waals surface area (Å²) in [6.07, 6.45) is 0.112. The van der Waals surface area contributed by atoms with Crippen LogP contribution in [0.15, 0.2) is 34.5 Å². The molecule has 2 rings (SSSR count).